The number of nitrogens with zero attached hydrogens (tertiary/aromatic N) is 3. The Labute approximate surface area is 122 Å². The Morgan fingerprint density at radius 2 is 1.60 bits per heavy atom. The first-order chi connectivity index (χ1) is 9.72. The lowest BCUT2D eigenvalue weighted by molar-refractivity contribution is -0.137. The molecule has 2 saturated heterocycles. The summed E-state index contributed by atoms with van der Waals surface area (Å²) in [7, 11) is 0. The minimum Gasteiger partial charge on any atom is -0.395 e. The third-order valence-electron chi connectivity index (χ3n) is 4.65. The van der Waals surface area contributed by atoms with Gasteiger partial charge in [-0.1, -0.05) is 12.8 Å². The maximum atomic E-state index is 12.6. The number of hydrogen-bond acceptors (Lipinski definition) is 4. The summed E-state index contributed by atoms with van der Waals surface area (Å²) in [5, 5.41) is 8.96. The van der Waals surface area contributed by atoms with Gasteiger partial charge in [-0.25, -0.2) is 0 Å². The zero-order chi connectivity index (χ0) is 14.4. The fraction of sp³-hybridized carbons (Fsp3) is 0.933. The van der Waals surface area contributed by atoms with E-state index in [9.17, 15) is 4.79 Å². The lowest BCUT2D eigenvalue weighted by Gasteiger charge is -2.38. The van der Waals surface area contributed by atoms with Crippen molar-refractivity contribution >= 4 is 5.91 Å². The standard InChI is InChI=1S/C15H29N3O2/c1-14(15(20)18-6-4-2-3-5-7-18)17-10-8-16(9-11-17)12-13-19/h14,19H,2-13H2,1H3/t14-/m1/s1. The van der Waals surface area contributed by atoms with E-state index in [-0.39, 0.29) is 12.6 Å². The molecular weight excluding hydrogens is 254 g/mol. The molecule has 1 N–H and O–H groups in total. The molecule has 2 rings (SSSR count). The number of aliphatic hydroxyl groups is 1. The van der Waals surface area contributed by atoms with Gasteiger partial charge >= 0.3 is 0 Å². The van der Waals surface area contributed by atoms with Crippen LogP contribution in [0.15, 0.2) is 0 Å². The van der Waals surface area contributed by atoms with Gasteiger partial charge in [0.25, 0.3) is 0 Å². The lowest BCUT2D eigenvalue weighted by atomic mass is 10.2. The number of β-amino-alcohol motifs (C(OH)–C–C–N with tert-alkyl or cyclic N) is 1. The highest BCUT2D eigenvalue weighted by Crippen LogP contribution is 2.14. The fourth-order valence-electron chi connectivity index (χ4n) is 3.23. The minimum atomic E-state index is 0.00405. The molecule has 1 atom stereocenters. The van der Waals surface area contributed by atoms with E-state index in [2.05, 4.69) is 21.6 Å². The van der Waals surface area contributed by atoms with E-state index < -0.39 is 0 Å². The number of carbonyl (C=O) groups excluding carboxylic acids is 1. The van der Waals surface area contributed by atoms with Crippen LogP contribution in [-0.4, -0.2) is 84.2 Å². The molecular formula is C15H29N3O2. The highest BCUT2D eigenvalue weighted by atomic mass is 16.3. The zero-order valence-electron chi connectivity index (χ0n) is 12.8. The van der Waals surface area contributed by atoms with Crippen LogP contribution in [0, 0.1) is 0 Å². The number of hydrogen-bond donors (Lipinski definition) is 1. The molecule has 0 aromatic carbocycles. The summed E-state index contributed by atoms with van der Waals surface area (Å²) in [5.74, 6) is 0.308. The average Bonchev–Trinajstić information content (AvgIpc) is 2.76. The summed E-state index contributed by atoms with van der Waals surface area (Å²) in [6, 6.07) is 0.00405. The van der Waals surface area contributed by atoms with Crippen molar-refractivity contribution in [2.24, 2.45) is 0 Å². The van der Waals surface area contributed by atoms with Gasteiger partial charge in [0, 0.05) is 45.8 Å². The van der Waals surface area contributed by atoms with Crippen LogP contribution in [0.25, 0.3) is 0 Å². The SMILES string of the molecule is C[C@H](C(=O)N1CCCCCC1)N1CCN(CCO)CC1. The highest BCUT2D eigenvalue weighted by molar-refractivity contribution is 5.81. The molecule has 1 amide bonds. The monoisotopic (exact) mass is 283 g/mol. The van der Waals surface area contributed by atoms with Gasteiger partial charge in [-0.05, 0) is 19.8 Å². The van der Waals surface area contributed by atoms with Crippen LogP contribution < -0.4 is 0 Å². The van der Waals surface area contributed by atoms with Crippen LogP contribution in [0.3, 0.4) is 0 Å². The molecule has 0 saturated carbocycles. The van der Waals surface area contributed by atoms with Gasteiger partial charge in [0.2, 0.25) is 5.91 Å². The Morgan fingerprint density at radius 3 is 2.15 bits per heavy atom. The van der Waals surface area contributed by atoms with E-state index >= 15 is 0 Å². The Balaban J connectivity index is 1.81. The van der Waals surface area contributed by atoms with Crippen molar-refractivity contribution in [3.8, 4) is 0 Å². The first-order valence-electron chi connectivity index (χ1n) is 8.08. The maximum absolute atomic E-state index is 12.6. The Morgan fingerprint density at radius 1 is 1.00 bits per heavy atom. The van der Waals surface area contributed by atoms with Gasteiger partial charge in [0.15, 0.2) is 0 Å². The Hall–Kier alpha value is -0.650. The second-order valence-corrected chi connectivity index (χ2v) is 6.02. The van der Waals surface area contributed by atoms with Crippen molar-refractivity contribution < 1.29 is 9.90 Å². The van der Waals surface area contributed by atoms with E-state index in [1.807, 2.05) is 0 Å². The van der Waals surface area contributed by atoms with Crippen LogP contribution in [0.1, 0.15) is 32.6 Å². The van der Waals surface area contributed by atoms with Crippen LogP contribution in [0.5, 0.6) is 0 Å². The molecule has 0 unspecified atom stereocenters. The number of likely N-dealkylation sites (tertiary alicyclic amines) is 1. The fourth-order valence-corrected chi connectivity index (χ4v) is 3.23. The minimum absolute atomic E-state index is 0.00405. The van der Waals surface area contributed by atoms with Crippen LogP contribution in [0.2, 0.25) is 0 Å². The quantitative estimate of drug-likeness (QED) is 0.811. The number of amides is 1. The van der Waals surface area contributed by atoms with Crippen molar-refractivity contribution in [1.82, 2.24) is 14.7 Å². The predicted molar refractivity (Wildman–Crippen MR) is 79.6 cm³/mol. The molecule has 0 bridgehead atoms. The molecule has 116 valence electrons. The molecule has 20 heavy (non-hydrogen) atoms. The summed E-state index contributed by atoms with van der Waals surface area (Å²) in [6.07, 6.45) is 4.83. The highest BCUT2D eigenvalue weighted by Gasteiger charge is 2.28. The van der Waals surface area contributed by atoms with E-state index in [0.717, 1.165) is 58.7 Å². The molecule has 2 aliphatic heterocycles. The Bertz CT molecular complexity index is 295. The molecule has 2 aliphatic rings. The molecule has 5 nitrogen and oxygen atoms in total. The summed E-state index contributed by atoms with van der Waals surface area (Å²) in [5.41, 5.74) is 0. The van der Waals surface area contributed by atoms with E-state index in [4.69, 9.17) is 5.11 Å². The molecule has 2 fully saturated rings. The predicted octanol–water partition coefficient (Wildman–Crippen LogP) is 0.387. The number of rotatable bonds is 4. The van der Waals surface area contributed by atoms with Crippen LogP contribution >= 0.6 is 0 Å². The number of aliphatic hydroxyl groups excluding tert-OH is 1. The van der Waals surface area contributed by atoms with Gasteiger partial charge in [0.1, 0.15) is 0 Å². The van der Waals surface area contributed by atoms with Gasteiger partial charge in [-0.15, -0.1) is 0 Å². The smallest absolute Gasteiger partial charge is 0.239 e. The Kier molecular flexibility index (Phi) is 6.26. The topological polar surface area (TPSA) is 47.0 Å². The first kappa shape index (κ1) is 15.7. The van der Waals surface area contributed by atoms with Crippen molar-refractivity contribution in [1.29, 1.82) is 0 Å². The van der Waals surface area contributed by atoms with E-state index in [0.29, 0.717) is 5.91 Å². The van der Waals surface area contributed by atoms with Gasteiger partial charge in [0.05, 0.1) is 12.6 Å². The van der Waals surface area contributed by atoms with Gasteiger partial charge in [-0.3, -0.25) is 14.6 Å². The zero-order valence-corrected chi connectivity index (χ0v) is 12.8. The lowest BCUT2D eigenvalue weighted by Crippen LogP contribution is -2.54. The average molecular weight is 283 g/mol. The van der Waals surface area contributed by atoms with E-state index in [1.165, 1.54) is 12.8 Å². The second kappa shape index (κ2) is 7.96. The van der Waals surface area contributed by atoms with Gasteiger partial charge in [-0.2, -0.15) is 0 Å². The maximum Gasteiger partial charge on any atom is 0.239 e. The van der Waals surface area contributed by atoms with Gasteiger partial charge < -0.3 is 10.0 Å². The molecule has 5 heteroatoms. The van der Waals surface area contributed by atoms with Crippen molar-refractivity contribution in [2.75, 3.05) is 52.4 Å². The van der Waals surface area contributed by atoms with E-state index in [1.54, 1.807) is 0 Å². The van der Waals surface area contributed by atoms with Crippen LogP contribution in [-0.2, 0) is 4.79 Å². The summed E-state index contributed by atoms with van der Waals surface area (Å²) >= 11 is 0. The van der Waals surface area contributed by atoms with Crippen molar-refractivity contribution in [3.05, 3.63) is 0 Å². The first-order valence-corrected chi connectivity index (χ1v) is 8.08. The summed E-state index contributed by atoms with van der Waals surface area (Å²) in [4.78, 5) is 19.2. The third-order valence-corrected chi connectivity index (χ3v) is 4.65. The number of piperazine rings is 1. The van der Waals surface area contributed by atoms with Crippen molar-refractivity contribution in [3.63, 3.8) is 0 Å². The normalized spacial score (nSPS) is 24.4. The molecule has 0 aliphatic carbocycles. The van der Waals surface area contributed by atoms with Crippen molar-refractivity contribution in [2.45, 2.75) is 38.6 Å². The molecule has 0 aromatic heterocycles. The molecule has 0 radical (unpaired) electrons. The molecule has 2 heterocycles. The number of carbonyl (C=O) groups is 1. The molecule has 0 spiro atoms. The summed E-state index contributed by atoms with van der Waals surface area (Å²) < 4.78 is 0. The molecule has 0 aromatic rings. The van der Waals surface area contributed by atoms with Crippen LogP contribution in [0.4, 0.5) is 0 Å². The third kappa shape index (κ3) is 4.17. The largest absolute Gasteiger partial charge is 0.395 e. The summed E-state index contributed by atoms with van der Waals surface area (Å²) in [6.45, 7) is 8.68. The second-order valence-electron chi connectivity index (χ2n) is 6.02.